The molecule has 2 saturated heterocycles. The molecular formula is C20H35N5O5. The molecule has 5 atom stereocenters. The van der Waals surface area contributed by atoms with Crippen molar-refractivity contribution < 1.29 is 23.9 Å². The third kappa shape index (κ3) is 4.80. The van der Waals surface area contributed by atoms with Crippen LogP contribution in [0.2, 0.25) is 0 Å². The minimum Gasteiger partial charge on any atom is -0.453 e. The van der Waals surface area contributed by atoms with Crippen molar-refractivity contribution >= 4 is 18.1 Å². The molecule has 1 saturated carbocycles. The lowest BCUT2D eigenvalue weighted by atomic mass is 9.73. The molecule has 0 radical (unpaired) electrons. The van der Waals surface area contributed by atoms with E-state index in [1.807, 2.05) is 30.7 Å². The van der Waals surface area contributed by atoms with Gasteiger partial charge in [0.1, 0.15) is 0 Å². The average molecular weight is 426 g/mol. The van der Waals surface area contributed by atoms with Crippen LogP contribution in [-0.2, 0) is 14.3 Å². The maximum Gasteiger partial charge on any atom is 0.410 e. The van der Waals surface area contributed by atoms with E-state index in [2.05, 4.69) is 5.43 Å². The summed E-state index contributed by atoms with van der Waals surface area (Å²) in [6.07, 6.45) is 1.66. The van der Waals surface area contributed by atoms with Crippen molar-refractivity contribution in [3.63, 3.8) is 0 Å². The van der Waals surface area contributed by atoms with E-state index in [0.717, 1.165) is 32.4 Å². The molecule has 4 unspecified atom stereocenters. The number of fused-ring (bicyclic) bond motifs is 1. The Kier molecular flexibility index (Phi) is 7.07. The van der Waals surface area contributed by atoms with Crippen molar-refractivity contribution in [3.05, 3.63) is 0 Å². The molecule has 0 spiro atoms. The van der Waals surface area contributed by atoms with Gasteiger partial charge in [-0.25, -0.2) is 14.6 Å². The van der Waals surface area contributed by atoms with Crippen molar-refractivity contribution in [1.82, 2.24) is 20.2 Å². The van der Waals surface area contributed by atoms with Gasteiger partial charge >= 0.3 is 12.2 Å². The largest absolute Gasteiger partial charge is 0.453 e. The fourth-order valence-corrected chi connectivity index (χ4v) is 5.27. The molecule has 170 valence electrons. The summed E-state index contributed by atoms with van der Waals surface area (Å²) < 4.78 is 10.5. The van der Waals surface area contributed by atoms with Crippen LogP contribution in [0.1, 0.15) is 40.0 Å². The number of nitrogens with zero attached hydrogens (tertiary/aromatic N) is 3. The Morgan fingerprint density at radius 1 is 1.10 bits per heavy atom. The van der Waals surface area contributed by atoms with Gasteiger partial charge in [0.15, 0.2) is 0 Å². The zero-order chi connectivity index (χ0) is 22.0. The molecule has 0 aromatic rings. The number of ether oxygens (including phenoxy) is 2. The highest BCUT2D eigenvalue weighted by atomic mass is 16.6. The number of rotatable bonds is 4. The number of hydrogen-bond donors (Lipinski definition) is 2. The molecule has 10 heteroatoms. The number of nitrogens with one attached hydrogen (secondary N) is 1. The van der Waals surface area contributed by atoms with E-state index >= 15 is 0 Å². The number of hydrogen-bond acceptors (Lipinski definition) is 7. The Morgan fingerprint density at radius 2 is 1.83 bits per heavy atom. The van der Waals surface area contributed by atoms with Crippen LogP contribution in [0.15, 0.2) is 0 Å². The van der Waals surface area contributed by atoms with E-state index in [9.17, 15) is 14.4 Å². The lowest BCUT2D eigenvalue weighted by Gasteiger charge is -2.53. The molecule has 0 aromatic heterocycles. The van der Waals surface area contributed by atoms with Gasteiger partial charge in [0.25, 0.3) is 0 Å². The molecule has 3 fully saturated rings. The number of methoxy groups -OCH3 is 1. The summed E-state index contributed by atoms with van der Waals surface area (Å²) in [5.74, 6) is 0.377. The second-order valence-electron chi connectivity index (χ2n) is 8.99. The van der Waals surface area contributed by atoms with E-state index in [4.69, 9.17) is 15.2 Å². The van der Waals surface area contributed by atoms with Crippen LogP contribution in [0.25, 0.3) is 0 Å². The molecule has 0 aromatic carbocycles. The molecule has 10 nitrogen and oxygen atoms in total. The highest BCUT2D eigenvalue weighted by molar-refractivity contribution is 5.75. The van der Waals surface area contributed by atoms with E-state index in [0.29, 0.717) is 18.4 Å². The summed E-state index contributed by atoms with van der Waals surface area (Å²) >= 11 is 0. The van der Waals surface area contributed by atoms with Crippen LogP contribution in [0.4, 0.5) is 9.59 Å². The Hall–Kier alpha value is -2.07. The minimum absolute atomic E-state index is 0.0896. The molecule has 2 aliphatic heterocycles. The van der Waals surface area contributed by atoms with Gasteiger partial charge < -0.3 is 20.1 Å². The van der Waals surface area contributed by atoms with E-state index < -0.39 is 0 Å². The third-order valence-electron chi connectivity index (χ3n) is 6.52. The lowest BCUT2D eigenvalue weighted by molar-refractivity contribution is -0.119. The van der Waals surface area contributed by atoms with Gasteiger partial charge in [0, 0.05) is 19.6 Å². The first-order valence-corrected chi connectivity index (χ1v) is 10.8. The van der Waals surface area contributed by atoms with Gasteiger partial charge in [-0.05, 0) is 51.9 Å². The van der Waals surface area contributed by atoms with Crippen LogP contribution < -0.4 is 11.2 Å². The first kappa shape index (κ1) is 22.6. The van der Waals surface area contributed by atoms with Crippen molar-refractivity contribution in [3.8, 4) is 0 Å². The maximum absolute atomic E-state index is 12.9. The molecule has 3 N–H and O–H groups in total. The number of hydrazine groups is 1. The standard InChI is InChI=1S/C20H35N5O5/c1-12(2)30-19(27)24-9-13(3)25(20(28)29-4)16-6-5-14(7-17(16)24)15-8-22-23(10-15)11-18(21)26/h12-17,22H,5-11H2,1-4H3,(H2,21,26)/t13-,14?,15?,16?,17?/m0/s1. The third-order valence-corrected chi connectivity index (χ3v) is 6.52. The molecular weight excluding hydrogens is 390 g/mol. The normalized spacial score (nSPS) is 32.1. The van der Waals surface area contributed by atoms with Crippen LogP contribution in [0, 0.1) is 11.8 Å². The summed E-state index contributed by atoms with van der Waals surface area (Å²) in [4.78, 5) is 40.2. The Balaban J connectivity index is 1.76. The zero-order valence-corrected chi connectivity index (χ0v) is 18.4. The fraction of sp³-hybridized carbons (Fsp3) is 0.850. The van der Waals surface area contributed by atoms with Gasteiger partial charge in [0.2, 0.25) is 5.91 Å². The van der Waals surface area contributed by atoms with E-state index in [-0.39, 0.29) is 48.9 Å². The first-order chi connectivity index (χ1) is 14.2. The number of piperazine rings is 1. The predicted molar refractivity (Wildman–Crippen MR) is 109 cm³/mol. The van der Waals surface area contributed by atoms with Crippen molar-refractivity contribution in [2.45, 2.75) is 64.3 Å². The summed E-state index contributed by atoms with van der Waals surface area (Å²) in [5.41, 5.74) is 8.57. The smallest absolute Gasteiger partial charge is 0.410 e. The Bertz CT molecular complexity index is 659. The number of primary amides is 1. The number of carbonyl (C=O) groups excluding carboxylic acids is 3. The predicted octanol–water partition coefficient (Wildman–Crippen LogP) is 0.763. The summed E-state index contributed by atoms with van der Waals surface area (Å²) in [6, 6.07) is -0.349. The second kappa shape index (κ2) is 9.38. The number of carbonyl (C=O) groups is 3. The van der Waals surface area contributed by atoms with Gasteiger partial charge in [-0.3, -0.25) is 15.1 Å². The summed E-state index contributed by atoms with van der Waals surface area (Å²) in [7, 11) is 1.40. The maximum atomic E-state index is 12.9. The minimum atomic E-state index is -0.357. The average Bonchev–Trinajstić information content (AvgIpc) is 3.13. The van der Waals surface area contributed by atoms with Crippen LogP contribution in [0.5, 0.6) is 0 Å². The van der Waals surface area contributed by atoms with Crippen LogP contribution in [0.3, 0.4) is 0 Å². The molecule has 30 heavy (non-hydrogen) atoms. The number of amides is 3. The van der Waals surface area contributed by atoms with Crippen LogP contribution >= 0.6 is 0 Å². The first-order valence-electron chi connectivity index (χ1n) is 10.8. The number of nitrogens with two attached hydrogens (primary N) is 1. The monoisotopic (exact) mass is 425 g/mol. The topological polar surface area (TPSA) is 117 Å². The van der Waals surface area contributed by atoms with Gasteiger partial charge in [-0.15, -0.1) is 0 Å². The zero-order valence-electron chi connectivity index (χ0n) is 18.4. The van der Waals surface area contributed by atoms with Crippen molar-refractivity contribution in [2.24, 2.45) is 17.6 Å². The van der Waals surface area contributed by atoms with Gasteiger partial charge in [-0.1, -0.05) is 0 Å². The molecule has 1 aliphatic carbocycles. The quantitative estimate of drug-likeness (QED) is 0.683. The van der Waals surface area contributed by atoms with E-state index in [1.54, 1.807) is 4.90 Å². The SMILES string of the molecule is COC(=O)N1C2CCC(C3CNN(CC(N)=O)C3)CC2N(C(=O)OC(C)C)C[C@@H]1C. The van der Waals surface area contributed by atoms with Crippen molar-refractivity contribution in [2.75, 3.05) is 33.3 Å². The molecule has 3 aliphatic rings. The van der Waals surface area contributed by atoms with Gasteiger partial charge in [-0.2, -0.15) is 0 Å². The molecule has 0 bridgehead atoms. The van der Waals surface area contributed by atoms with Gasteiger partial charge in [0.05, 0.1) is 37.9 Å². The lowest BCUT2D eigenvalue weighted by Crippen LogP contribution is -2.67. The summed E-state index contributed by atoms with van der Waals surface area (Å²) in [6.45, 7) is 7.76. The second-order valence-corrected chi connectivity index (χ2v) is 8.99. The van der Waals surface area contributed by atoms with E-state index in [1.165, 1.54) is 7.11 Å². The van der Waals surface area contributed by atoms with Crippen LogP contribution in [-0.4, -0.2) is 90.4 Å². The highest BCUT2D eigenvalue weighted by Crippen LogP contribution is 2.40. The molecule has 3 amide bonds. The molecule has 3 rings (SSSR count). The highest BCUT2D eigenvalue weighted by Gasteiger charge is 2.49. The Labute approximate surface area is 178 Å². The van der Waals surface area contributed by atoms with Crippen molar-refractivity contribution in [1.29, 1.82) is 0 Å². The Morgan fingerprint density at radius 3 is 2.47 bits per heavy atom. The summed E-state index contributed by atoms with van der Waals surface area (Å²) in [5, 5.41) is 1.87. The fourth-order valence-electron chi connectivity index (χ4n) is 5.27. The molecule has 2 heterocycles.